The number of rotatable bonds is 1. The summed E-state index contributed by atoms with van der Waals surface area (Å²) in [6, 6.07) is 0. The Balaban J connectivity index is 2.40. The molecule has 2 rings (SSSR count). The maximum absolute atomic E-state index is 10.6. The Labute approximate surface area is 74.4 Å². The van der Waals surface area contributed by atoms with Crippen LogP contribution in [0.5, 0.6) is 0 Å². The molecule has 6 heteroatoms. The molecule has 0 aliphatic carbocycles. The Morgan fingerprint density at radius 3 is 3.15 bits per heavy atom. The van der Waals surface area contributed by atoms with E-state index in [0.717, 1.165) is 12.0 Å². The van der Waals surface area contributed by atoms with Crippen LogP contribution in [-0.4, -0.2) is 21.1 Å². The summed E-state index contributed by atoms with van der Waals surface area (Å²) < 4.78 is 1.56. The molecule has 0 fully saturated rings. The highest BCUT2D eigenvalue weighted by Gasteiger charge is 2.16. The number of allylic oxidation sites excluding steroid dienone is 2. The molecular weight excluding hydrogens is 170 g/mol. The summed E-state index contributed by atoms with van der Waals surface area (Å²) in [6.07, 6.45) is 0.809. The second-order valence-electron chi connectivity index (χ2n) is 2.84. The maximum Gasteiger partial charge on any atom is 0.241 e. The van der Waals surface area contributed by atoms with Crippen molar-refractivity contribution in [3.05, 3.63) is 11.3 Å². The lowest BCUT2D eigenvalue weighted by molar-refractivity contribution is -0.105. The van der Waals surface area contributed by atoms with Crippen LogP contribution in [0.25, 0.3) is 0 Å². The quantitative estimate of drug-likeness (QED) is 0.581. The predicted octanol–water partition coefficient (Wildman–Crippen LogP) is -0.241. The number of carbonyl (C=O) groups excluding carboxylic acids is 1. The van der Waals surface area contributed by atoms with Gasteiger partial charge in [-0.1, -0.05) is 0 Å². The molecule has 0 saturated carbocycles. The van der Waals surface area contributed by atoms with E-state index in [0.29, 0.717) is 18.1 Å². The highest BCUT2D eigenvalue weighted by atomic mass is 16.1. The van der Waals surface area contributed by atoms with Crippen molar-refractivity contribution in [3.8, 4) is 0 Å². The molecule has 0 unspecified atom stereocenters. The smallest absolute Gasteiger partial charge is 0.241 e. The lowest BCUT2D eigenvalue weighted by atomic mass is 10.2. The molecule has 6 nitrogen and oxygen atoms in total. The van der Waals surface area contributed by atoms with E-state index in [2.05, 4.69) is 15.4 Å². The second kappa shape index (κ2) is 2.58. The topological polar surface area (TPSA) is 85.8 Å². The van der Waals surface area contributed by atoms with Gasteiger partial charge < -0.3 is 11.1 Å². The van der Waals surface area contributed by atoms with E-state index in [4.69, 9.17) is 5.73 Å². The van der Waals surface area contributed by atoms with Gasteiger partial charge in [-0.25, -0.2) is 4.68 Å². The summed E-state index contributed by atoms with van der Waals surface area (Å²) in [7, 11) is 0. The third-order valence-electron chi connectivity index (χ3n) is 1.93. The summed E-state index contributed by atoms with van der Waals surface area (Å²) in [5.41, 5.74) is 6.87. The molecule has 13 heavy (non-hydrogen) atoms. The van der Waals surface area contributed by atoms with Crippen LogP contribution in [-0.2, 0) is 11.3 Å². The van der Waals surface area contributed by atoms with E-state index < -0.39 is 0 Å². The van der Waals surface area contributed by atoms with Crippen molar-refractivity contribution in [1.82, 2.24) is 14.8 Å². The summed E-state index contributed by atoms with van der Waals surface area (Å²) >= 11 is 0. The van der Waals surface area contributed by atoms with Gasteiger partial charge in [0.1, 0.15) is 6.29 Å². The van der Waals surface area contributed by atoms with Gasteiger partial charge >= 0.3 is 0 Å². The number of nitrogen functional groups attached to an aromatic ring is 1. The van der Waals surface area contributed by atoms with Gasteiger partial charge in [-0.05, 0) is 6.92 Å². The van der Waals surface area contributed by atoms with Crippen LogP contribution >= 0.6 is 0 Å². The van der Waals surface area contributed by atoms with Gasteiger partial charge in [-0.15, -0.1) is 5.10 Å². The third kappa shape index (κ3) is 1.16. The largest absolute Gasteiger partial charge is 0.366 e. The van der Waals surface area contributed by atoms with Crippen LogP contribution in [0.15, 0.2) is 11.3 Å². The minimum absolute atomic E-state index is 0.211. The number of nitrogens with two attached hydrogens (primary N) is 1. The van der Waals surface area contributed by atoms with E-state index in [1.54, 1.807) is 4.68 Å². The average molecular weight is 179 g/mol. The first-order valence-electron chi connectivity index (χ1n) is 3.83. The Kier molecular flexibility index (Phi) is 1.54. The standard InChI is InChI=1S/C7H9N5O/c1-4-5(3-13)2-12-7(9-4)10-6(8)11-12/h3H,2H2,1H3,(H3,8,9,10,11). The monoisotopic (exact) mass is 179 g/mol. The molecule has 3 N–H and O–H groups in total. The Bertz CT molecular complexity index is 392. The van der Waals surface area contributed by atoms with Crippen LogP contribution in [0, 0.1) is 0 Å². The molecule has 2 heterocycles. The van der Waals surface area contributed by atoms with Gasteiger partial charge in [0.15, 0.2) is 0 Å². The third-order valence-corrected chi connectivity index (χ3v) is 1.93. The molecule has 0 saturated heterocycles. The first-order valence-corrected chi connectivity index (χ1v) is 3.83. The minimum atomic E-state index is 0.211. The fourth-order valence-electron chi connectivity index (χ4n) is 1.22. The van der Waals surface area contributed by atoms with Crippen LogP contribution in [0.4, 0.5) is 11.9 Å². The number of fused-ring (bicyclic) bond motifs is 1. The van der Waals surface area contributed by atoms with Gasteiger partial charge in [0.25, 0.3) is 0 Å². The number of aromatic nitrogens is 3. The van der Waals surface area contributed by atoms with Crippen molar-refractivity contribution in [2.24, 2.45) is 0 Å². The number of anilines is 2. The molecule has 68 valence electrons. The van der Waals surface area contributed by atoms with Crippen LogP contribution < -0.4 is 11.1 Å². The first kappa shape index (κ1) is 7.78. The number of nitrogens with one attached hydrogen (secondary N) is 1. The molecule has 0 amide bonds. The molecule has 1 aromatic heterocycles. The zero-order valence-corrected chi connectivity index (χ0v) is 7.11. The normalized spacial score (nSPS) is 15.2. The van der Waals surface area contributed by atoms with Gasteiger partial charge in [0.2, 0.25) is 11.9 Å². The first-order chi connectivity index (χ1) is 6.20. The number of hydrogen-bond acceptors (Lipinski definition) is 5. The van der Waals surface area contributed by atoms with Crippen molar-refractivity contribution in [2.45, 2.75) is 13.5 Å². The molecule has 0 atom stereocenters. The average Bonchev–Trinajstić information content (AvgIpc) is 2.42. The van der Waals surface area contributed by atoms with Crippen molar-refractivity contribution < 1.29 is 4.79 Å². The Hall–Kier alpha value is -1.85. The molecule has 0 aromatic carbocycles. The molecule has 0 radical (unpaired) electrons. The van der Waals surface area contributed by atoms with Crippen molar-refractivity contribution in [3.63, 3.8) is 0 Å². The highest BCUT2D eigenvalue weighted by Crippen LogP contribution is 2.18. The maximum atomic E-state index is 10.6. The fraction of sp³-hybridized carbons (Fsp3) is 0.286. The van der Waals surface area contributed by atoms with Gasteiger partial charge in [-0.2, -0.15) is 4.98 Å². The van der Waals surface area contributed by atoms with E-state index in [1.807, 2.05) is 6.92 Å². The van der Waals surface area contributed by atoms with E-state index in [-0.39, 0.29) is 5.95 Å². The van der Waals surface area contributed by atoms with Crippen LogP contribution in [0.2, 0.25) is 0 Å². The Morgan fingerprint density at radius 1 is 1.69 bits per heavy atom. The highest BCUT2D eigenvalue weighted by molar-refractivity contribution is 5.76. The van der Waals surface area contributed by atoms with Crippen LogP contribution in [0.3, 0.4) is 0 Å². The van der Waals surface area contributed by atoms with Crippen molar-refractivity contribution in [2.75, 3.05) is 11.1 Å². The van der Waals surface area contributed by atoms with Gasteiger partial charge in [0, 0.05) is 11.3 Å². The number of hydrogen-bond donors (Lipinski definition) is 2. The Morgan fingerprint density at radius 2 is 2.46 bits per heavy atom. The number of aldehydes is 1. The lowest BCUT2D eigenvalue weighted by Crippen LogP contribution is -2.18. The summed E-state index contributed by atoms with van der Waals surface area (Å²) in [5, 5.41) is 6.85. The summed E-state index contributed by atoms with van der Waals surface area (Å²) in [5.74, 6) is 0.794. The summed E-state index contributed by atoms with van der Waals surface area (Å²) in [6.45, 7) is 2.25. The van der Waals surface area contributed by atoms with E-state index >= 15 is 0 Å². The zero-order valence-electron chi connectivity index (χ0n) is 7.11. The van der Waals surface area contributed by atoms with Crippen LogP contribution in [0.1, 0.15) is 6.92 Å². The molecule has 0 spiro atoms. The lowest BCUT2D eigenvalue weighted by Gasteiger charge is -2.15. The minimum Gasteiger partial charge on any atom is -0.366 e. The van der Waals surface area contributed by atoms with Gasteiger partial charge in [0.05, 0.1) is 6.54 Å². The van der Waals surface area contributed by atoms with Gasteiger partial charge in [-0.3, -0.25) is 4.79 Å². The SMILES string of the molecule is CC1=C(C=O)Cn2nc(N)nc2N1. The van der Waals surface area contributed by atoms with Crippen molar-refractivity contribution >= 4 is 18.2 Å². The van der Waals surface area contributed by atoms with Crippen molar-refractivity contribution in [1.29, 1.82) is 0 Å². The summed E-state index contributed by atoms with van der Waals surface area (Å²) in [4.78, 5) is 14.5. The predicted molar refractivity (Wildman–Crippen MR) is 46.8 cm³/mol. The molecule has 1 aromatic rings. The fourth-order valence-corrected chi connectivity index (χ4v) is 1.22. The molecule has 0 bridgehead atoms. The van der Waals surface area contributed by atoms with E-state index in [1.165, 1.54) is 0 Å². The molecule has 1 aliphatic heterocycles. The number of nitrogens with zero attached hydrogens (tertiary/aromatic N) is 3. The van der Waals surface area contributed by atoms with E-state index in [9.17, 15) is 4.79 Å². The second-order valence-corrected chi connectivity index (χ2v) is 2.84. The number of carbonyl (C=O) groups is 1. The zero-order chi connectivity index (χ0) is 9.42. The molecular formula is C7H9N5O. The molecule has 1 aliphatic rings.